The first kappa shape index (κ1) is 26.9. The van der Waals surface area contributed by atoms with Crippen LogP contribution >= 0.6 is 0 Å². The van der Waals surface area contributed by atoms with Crippen LogP contribution in [-0.2, 0) is 0 Å². The Morgan fingerprint density at radius 3 is 2.11 bits per heavy atom. The number of nitrogens with two attached hydrogens (primary N) is 3. The van der Waals surface area contributed by atoms with E-state index in [1.165, 1.54) is 18.2 Å². The smallest absolute Gasteiger partial charge is 0.297 e. The maximum atomic E-state index is 11.1. The van der Waals surface area contributed by atoms with Crippen molar-refractivity contribution in [1.82, 2.24) is 0 Å². The number of nitrogens with one attached hydrogen (secondary N) is 1. The summed E-state index contributed by atoms with van der Waals surface area (Å²) < 4.78 is 0. The van der Waals surface area contributed by atoms with E-state index in [2.05, 4.69) is 20.4 Å². The van der Waals surface area contributed by atoms with Gasteiger partial charge >= 0.3 is 0 Å². The summed E-state index contributed by atoms with van der Waals surface area (Å²) in [7, 11) is 1.88. The molecule has 7 N–H and O–H groups in total. The summed E-state index contributed by atoms with van der Waals surface area (Å²) in [6.45, 7) is 2.41. The molecular weight excluding hydrogens is 448 g/mol. The molecule has 0 aliphatic heterocycles. The Bertz CT molecular complexity index is 1110. The molecule has 0 aliphatic rings. The van der Waals surface area contributed by atoms with Gasteiger partial charge in [-0.25, -0.2) is 0 Å². The van der Waals surface area contributed by atoms with Crippen LogP contribution in [0.15, 0.2) is 77.0 Å². The van der Waals surface area contributed by atoms with Crippen LogP contribution in [0.2, 0.25) is 0 Å². The molecule has 11 heteroatoms. The zero-order valence-corrected chi connectivity index (χ0v) is 19.5. The Balaban J connectivity index is 0.000000402. The Hall–Kier alpha value is -4.35. The normalized spacial score (nSPS) is 10.4. The fourth-order valence-electron chi connectivity index (χ4n) is 3.02. The number of rotatable bonds is 10. The minimum Gasteiger partial charge on any atom is -0.399 e. The number of nitro benzene ring substituents is 1. The van der Waals surface area contributed by atoms with Crippen LogP contribution < -0.4 is 27.4 Å². The van der Waals surface area contributed by atoms with E-state index in [0.29, 0.717) is 38.2 Å². The predicted octanol–water partition coefficient (Wildman–Crippen LogP) is 3.86. The second-order valence-electron chi connectivity index (χ2n) is 7.28. The molecular formula is C24H30N8O3. The summed E-state index contributed by atoms with van der Waals surface area (Å²) in [6, 6.07) is 18.9. The number of nitro groups is 1. The fraction of sp³-hybridized carbons (Fsp3) is 0.208. The van der Waals surface area contributed by atoms with Gasteiger partial charge in [0.25, 0.3) is 5.69 Å². The lowest BCUT2D eigenvalue weighted by Crippen LogP contribution is -2.33. The van der Waals surface area contributed by atoms with Crippen molar-refractivity contribution in [3.8, 4) is 0 Å². The van der Waals surface area contributed by atoms with Crippen LogP contribution in [0.3, 0.4) is 0 Å². The number of hydrogen-bond acceptors (Lipinski definition) is 10. The zero-order chi connectivity index (χ0) is 25.6. The number of nitrogens with zero attached hydrogens (tertiary/aromatic N) is 4. The van der Waals surface area contributed by atoms with Gasteiger partial charge in [-0.1, -0.05) is 0 Å². The summed E-state index contributed by atoms with van der Waals surface area (Å²) in [4.78, 5) is 23.3. The molecule has 0 bridgehead atoms. The molecule has 0 atom stereocenters. The van der Waals surface area contributed by atoms with E-state index in [-0.39, 0.29) is 16.9 Å². The minimum atomic E-state index is -0.595. The van der Waals surface area contributed by atoms with Crippen molar-refractivity contribution in [1.29, 1.82) is 0 Å². The second-order valence-corrected chi connectivity index (χ2v) is 7.28. The van der Waals surface area contributed by atoms with Crippen molar-refractivity contribution in [2.24, 2.45) is 21.7 Å². The maximum Gasteiger partial charge on any atom is 0.297 e. The number of aldehydes is 1. The van der Waals surface area contributed by atoms with Gasteiger partial charge in [0.2, 0.25) is 0 Å². The van der Waals surface area contributed by atoms with Crippen LogP contribution in [0.25, 0.3) is 0 Å². The largest absolute Gasteiger partial charge is 0.399 e. The third-order valence-electron chi connectivity index (χ3n) is 4.82. The van der Waals surface area contributed by atoms with Crippen LogP contribution in [0.4, 0.5) is 34.1 Å². The quantitative estimate of drug-likeness (QED) is 0.111. The van der Waals surface area contributed by atoms with Crippen molar-refractivity contribution in [3.63, 3.8) is 0 Å². The van der Waals surface area contributed by atoms with Crippen LogP contribution in [0.5, 0.6) is 0 Å². The molecule has 0 aliphatic carbocycles. The monoisotopic (exact) mass is 478 g/mol. The lowest BCUT2D eigenvalue weighted by molar-refractivity contribution is -0.384. The highest BCUT2D eigenvalue weighted by Gasteiger charge is 2.14. The molecule has 0 amide bonds. The molecule has 0 fully saturated rings. The molecule has 0 radical (unpaired) electrons. The number of nitrogen functional groups attached to an aromatic ring is 1. The molecule has 3 aromatic rings. The van der Waals surface area contributed by atoms with Gasteiger partial charge in [0.05, 0.1) is 10.6 Å². The summed E-state index contributed by atoms with van der Waals surface area (Å²) in [6.07, 6.45) is 0.543. The van der Waals surface area contributed by atoms with Gasteiger partial charge in [0.15, 0.2) is 5.69 Å². The first-order valence-corrected chi connectivity index (χ1v) is 10.9. The van der Waals surface area contributed by atoms with Gasteiger partial charge in [-0.2, -0.15) is 5.11 Å². The number of carbonyl (C=O) groups is 1. The van der Waals surface area contributed by atoms with Crippen molar-refractivity contribution in [2.75, 3.05) is 49.2 Å². The van der Waals surface area contributed by atoms with Crippen LogP contribution in [0.1, 0.15) is 10.4 Å². The average Bonchev–Trinajstić information content (AvgIpc) is 2.88. The molecule has 0 unspecified atom stereocenters. The fourth-order valence-corrected chi connectivity index (χ4v) is 3.02. The molecule has 3 aromatic carbocycles. The Kier molecular flexibility index (Phi) is 10.8. The Labute approximate surface area is 203 Å². The molecule has 11 nitrogen and oxygen atoms in total. The molecule has 0 saturated heterocycles. The molecule has 35 heavy (non-hydrogen) atoms. The first-order valence-electron chi connectivity index (χ1n) is 10.9. The SMILES string of the molecule is CNc1ccc(N)cc1.NCCN(CCN)c1ccc(N=Nc2ccc(C=O)cc2[N+](=O)[O-])cc1. The highest BCUT2D eigenvalue weighted by molar-refractivity contribution is 5.78. The third-order valence-corrected chi connectivity index (χ3v) is 4.82. The van der Waals surface area contributed by atoms with Gasteiger partial charge in [0.1, 0.15) is 6.29 Å². The molecule has 0 heterocycles. The summed E-state index contributed by atoms with van der Waals surface area (Å²) in [5.41, 5.74) is 20.1. The van der Waals surface area contributed by atoms with E-state index in [4.69, 9.17) is 17.2 Å². The summed E-state index contributed by atoms with van der Waals surface area (Å²) in [5, 5.41) is 22.1. The van der Waals surface area contributed by atoms with E-state index >= 15 is 0 Å². The molecule has 3 rings (SSSR count). The van der Waals surface area contributed by atoms with Gasteiger partial charge in [-0.15, -0.1) is 5.11 Å². The summed E-state index contributed by atoms with van der Waals surface area (Å²) in [5.74, 6) is 0. The lowest BCUT2D eigenvalue weighted by Gasteiger charge is -2.23. The highest BCUT2D eigenvalue weighted by Crippen LogP contribution is 2.30. The second kappa shape index (κ2) is 14.0. The van der Waals surface area contributed by atoms with E-state index in [9.17, 15) is 14.9 Å². The average molecular weight is 479 g/mol. The first-order chi connectivity index (χ1) is 16.9. The number of carbonyl (C=O) groups excluding carboxylic acids is 1. The van der Waals surface area contributed by atoms with Crippen LogP contribution in [0, 0.1) is 10.1 Å². The van der Waals surface area contributed by atoms with Gasteiger partial charge < -0.3 is 27.4 Å². The van der Waals surface area contributed by atoms with E-state index in [0.717, 1.165) is 17.1 Å². The van der Waals surface area contributed by atoms with Crippen molar-refractivity contribution >= 4 is 40.4 Å². The van der Waals surface area contributed by atoms with Crippen LogP contribution in [-0.4, -0.2) is 44.4 Å². The zero-order valence-electron chi connectivity index (χ0n) is 19.5. The van der Waals surface area contributed by atoms with Gasteiger partial charge in [-0.05, 0) is 60.7 Å². The number of anilines is 3. The van der Waals surface area contributed by atoms with E-state index in [1.54, 1.807) is 12.1 Å². The van der Waals surface area contributed by atoms with Crippen molar-refractivity contribution in [2.45, 2.75) is 0 Å². The molecule has 0 spiro atoms. The van der Waals surface area contributed by atoms with Crippen molar-refractivity contribution in [3.05, 3.63) is 82.4 Å². The number of benzene rings is 3. The van der Waals surface area contributed by atoms with E-state index in [1.807, 2.05) is 43.4 Å². The number of hydrogen-bond donors (Lipinski definition) is 4. The standard InChI is InChI=1S/C17H20N6O3.C7H10N2/c18-7-9-22(10-8-19)15-4-2-14(3-5-15)20-21-16-6-1-13(12-24)11-17(16)23(25)26;1-9-7-4-2-6(8)3-5-7/h1-6,11-12H,7-10,18-19H2;2-5,9H,8H2,1H3. The predicted molar refractivity (Wildman–Crippen MR) is 140 cm³/mol. The van der Waals surface area contributed by atoms with Gasteiger partial charge in [0, 0.05) is 61.9 Å². The molecule has 0 saturated carbocycles. The summed E-state index contributed by atoms with van der Waals surface area (Å²) >= 11 is 0. The van der Waals surface area contributed by atoms with Gasteiger partial charge in [-0.3, -0.25) is 14.9 Å². The number of azo groups is 1. The molecule has 0 aromatic heterocycles. The minimum absolute atomic E-state index is 0.0811. The Morgan fingerprint density at radius 2 is 1.60 bits per heavy atom. The maximum absolute atomic E-state index is 11.1. The highest BCUT2D eigenvalue weighted by atomic mass is 16.6. The molecule has 184 valence electrons. The van der Waals surface area contributed by atoms with E-state index < -0.39 is 4.92 Å². The topological polar surface area (TPSA) is 178 Å². The Morgan fingerprint density at radius 1 is 0.971 bits per heavy atom. The third kappa shape index (κ3) is 8.50. The van der Waals surface area contributed by atoms with Crippen molar-refractivity contribution < 1.29 is 9.72 Å². The lowest BCUT2D eigenvalue weighted by atomic mass is 10.2.